The highest BCUT2D eigenvalue weighted by molar-refractivity contribution is 5.12. The minimum Gasteiger partial charge on any atom is -0.259 e. The summed E-state index contributed by atoms with van der Waals surface area (Å²) in [7, 11) is 0. The van der Waals surface area contributed by atoms with Gasteiger partial charge in [0.2, 0.25) is 0 Å². The normalized spacial score (nSPS) is 8.77. The van der Waals surface area contributed by atoms with Crippen LogP contribution in [0.3, 0.4) is 0 Å². The number of rotatable bonds is 1. The monoisotopic (exact) mass is 177 g/mol. The first kappa shape index (κ1) is 9.31. The van der Waals surface area contributed by atoms with Gasteiger partial charge in [0.1, 0.15) is 12.7 Å². The molecule has 0 aromatic carbocycles. The third-order valence-electron chi connectivity index (χ3n) is 1.20. The summed E-state index contributed by atoms with van der Waals surface area (Å²) in [5, 5.41) is 3.89. The van der Waals surface area contributed by atoms with Crippen LogP contribution in [0, 0.1) is 0 Å². The fraction of sp³-hybridized carbons (Fsp3) is 0.250. The lowest BCUT2D eigenvalue weighted by Crippen LogP contribution is -1.97. The van der Waals surface area contributed by atoms with Crippen molar-refractivity contribution in [2.75, 3.05) is 0 Å². The molecular weight excluding hydrogens is 166 g/mol. The van der Waals surface area contributed by atoms with Crippen LogP contribution in [-0.4, -0.2) is 24.7 Å². The van der Waals surface area contributed by atoms with Crippen molar-refractivity contribution in [2.45, 2.75) is 13.8 Å². The molecule has 2 heterocycles. The summed E-state index contributed by atoms with van der Waals surface area (Å²) in [5.74, 6) is 0.671. The molecule has 2 aromatic rings. The van der Waals surface area contributed by atoms with Gasteiger partial charge in [-0.3, -0.25) is 4.98 Å². The molecule has 68 valence electrons. The fourth-order valence-electron chi connectivity index (χ4n) is 0.736. The van der Waals surface area contributed by atoms with Gasteiger partial charge in [0, 0.05) is 12.4 Å². The summed E-state index contributed by atoms with van der Waals surface area (Å²) in [6, 6.07) is 0. The zero-order valence-corrected chi connectivity index (χ0v) is 7.62. The SMILES string of the molecule is CC.c1cnc(-n2cncn2)cn1. The summed E-state index contributed by atoms with van der Waals surface area (Å²) in [6.45, 7) is 4.00. The van der Waals surface area contributed by atoms with Crippen LogP contribution < -0.4 is 0 Å². The van der Waals surface area contributed by atoms with Gasteiger partial charge in [-0.1, -0.05) is 13.8 Å². The lowest BCUT2D eigenvalue weighted by atomic mass is 10.7. The number of nitrogens with zero attached hydrogens (tertiary/aromatic N) is 5. The van der Waals surface area contributed by atoms with E-state index in [4.69, 9.17) is 0 Å². The summed E-state index contributed by atoms with van der Waals surface area (Å²) >= 11 is 0. The Labute approximate surface area is 76.5 Å². The second-order valence-corrected chi connectivity index (χ2v) is 1.90. The lowest BCUT2D eigenvalue weighted by Gasteiger charge is -1.94. The maximum Gasteiger partial charge on any atom is 0.173 e. The van der Waals surface area contributed by atoms with E-state index in [-0.39, 0.29) is 0 Å². The standard InChI is InChI=1S/C6H5N5.C2H6/c1-2-9-6(3-7-1)11-5-8-4-10-11;1-2/h1-5H;1-2H3. The smallest absolute Gasteiger partial charge is 0.173 e. The molecule has 0 saturated heterocycles. The zero-order valence-electron chi connectivity index (χ0n) is 7.62. The Morgan fingerprint density at radius 2 is 2.00 bits per heavy atom. The van der Waals surface area contributed by atoms with Gasteiger partial charge in [-0.25, -0.2) is 14.6 Å². The van der Waals surface area contributed by atoms with Crippen LogP contribution in [0.25, 0.3) is 5.82 Å². The van der Waals surface area contributed by atoms with Crippen molar-refractivity contribution in [2.24, 2.45) is 0 Å². The summed E-state index contributed by atoms with van der Waals surface area (Å²) in [6.07, 6.45) is 7.87. The van der Waals surface area contributed by atoms with Crippen LogP contribution in [0.1, 0.15) is 13.8 Å². The van der Waals surface area contributed by atoms with E-state index in [1.165, 1.54) is 6.33 Å². The topological polar surface area (TPSA) is 56.5 Å². The zero-order chi connectivity index (χ0) is 9.52. The van der Waals surface area contributed by atoms with Gasteiger partial charge >= 0.3 is 0 Å². The molecule has 0 unspecified atom stereocenters. The van der Waals surface area contributed by atoms with Crippen molar-refractivity contribution in [3.63, 3.8) is 0 Å². The van der Waals surface area contributed by atoms with E-state index in [0.29, 0.717) is 5.82 Å². The maximum absolute atomic E-state index is 4.02. The molecule has 5 heteroatoms. The molecule has 0 aliphatic carbocycles. The minimum absolute atomic E-state index is 0.671. The Hall–Kier alpha value is -1.78. The average molecular weight is 177 g/mol. The van der Waals surface area contributed by atoms with E-state index in [1.54, 1.807) is 29.6 Å². The molecule has 0 spiro atoms. The molecule has 5 nitrogen and oxygen atoms in total. The van der Waals surface area contributed by atoms with Crippen LogP contribution in [0.2, 0.25) is 0 Å². The van der Waals surface area contributed by atoms with Crippen LogP contribution >= 0.6 is 0 Å². The van der Waals surface area contributed by atoms with Crippen molar-refractivity contribution < 1.29 is 0 Å². The third-order valence-corrected chi connectivity index (χ3v) is 1.20. The van der Waals surface area contributed by atoms with Crippen LogP contribution in [0.15, 0.2) is 31.2 Å². The van der Waals surface area contributed by atoms with E-state index in [2.05, 4.69) is 20.1 Å². The van der Waals surface area contributed by atoms with Gasteiger partial charge in [0.25, 0.3) is 0 Å². The number of aromatic nitrogens is 5. The second-order valence-electron chi connectivity index (χ2n) is 1.90. The van der Waals surface area contributed by atoms with Gasteiger partial charge < -0.3 is 0 Å². The molecule has 0 atom stereocenters. The predicted octanol–water partition coefficient (Wildman–Crippen LogP) is 1.08. The molecule has 0 radical (unpaired) electrons. The molecular formula is C8H11N5. The molecule has 13 heavy (non-hydrogen) atoms. The Balaban J connectivity index is 0.000000396. The fourth-order valence-corrected chi connectivity index (χ4v) is 0.736. The van der Waals surface area contributed by atoms with Gasteiger partial charge in [-0.2, -0.15) is 5.10 Å². The average Bonchev–Trinajstić information content (AvgIpc) is 2.75. The Morgan fingerprint density at radius 3 is 2.54 bits per heavy atom. The molecule has 0 aliphatic heterocycles. The van der Waals surface area contributed by atoms with E-state index >= 15 is 0 Å². The highest BCUT2D eigenvalue weighted by atomic mass is 15.3. The largest absolute Gasteiger partial charge is 0.259 e. The Morgan fingerprint density at radius 1 is 1.15 bits per heavy atom. The molecule has 0 bridgehead atoms. The lowest BCUT2D eigenvalue weighted by molar-refractivity contribution is 0.836. The van der Waals surface area contributed by atoms with E-state index in [9.17, 15) is 0 Å². The molecule has 0 N–H and O–H groups in total. The third kappa shape index (κ3) is 2.33. The Bertz CT molecular complexity index is 316. The van der Waals surface area contributed by atoms with Crippen molar-refractivity contribution in [3.05, 3.63) is 31.2 Å². The van der Waals surface area contributed by atoms with Crippen LogP contribution in [-0.2, 0) is 0 Å². The quantitative estimate of drug-likeness (QED) is 0.654. The van der Waals surface area contributed by atoms with Crippen molar-refractivity contribution in [3.8, 4) is 5.82 Å². The van der Waals surface area contributed by atoms with E-state index in [1.807, 2.05) is 13.8 Å². The molecule has 0 aliphatic rings. The molecule has 0 saturated carbocycles. The summed E-state index contributed by atoms with van der Waals surface area (Å²) in [5.41, 5.74) is 0. The van der Waals surface area contributed by atoms with Crippen molar-refractivity contribution in [1.29, 1.82) is 0 Å². The summed E-state index contributed by atoms with van der Waals surface area (Å²) in [4.78, 5) is 11.7. The minimum atomic E-state index is 0.671. The highest BCUT2D eigenvalue weighted by Gasteiger charge is 1.94. The Kier molecular flexibility index (Phi) is 3.56. The first-order valence-electron chi connectivity index (χ1n) is 4.08. The van der Waals surface area contributed by atoms with E-state index in [0.717, 1.165) is 0 Å². The molecule has 2 aromatic heterocycles. The van der Waals surface area contributed by atoms with Crippen LogP contribution in [0.5, 0.6) is 0 Å². The predicted molar refractivity (Wildman–Crippen MR) is 48.3 cm³/mol. The maximum atomic E-state index is 4.02. The van der Waals surface area contributed by atoms with E-state index < -0.39 is 0 Å². The number of hydrogen-bond acceptors (Lipinski definition) is 4. The van der Waals surface area contributed by atoms with Crippen molar-refractivity contribution >= 4 is 0 Å². The van der Waals surface area contributed by atoms with Gasteiger partial charge in [-0.05, 0) is 0 Å². The first-order valence-corrected chi connectivity index (χ1v) is 4.08. The van der Waals surface area contributed by atoms with Crippen LogP contribution in [0.4, 0.5) is 0 Å². The van der Waals surface area contributed by atoms with Gasteiger partial charge in [-0.15, -0.1) is 0 Å². The first-order chi connectivity index (χ1) is 6.47. The summed E-state index contributed by atoms with van der Waals surface area (Å²) < 4.78 is 1.55. The number of hydrogen-bond donors (Lipinski definition) is 0. The molecule has 0 fully saturated rings. The highest BCUT2D eigenvalue weighted by Crippen LogP contribution is 1.94. The molecule has 2 rings (SSSR count). The second kappa shape index (κ2) is 4.97. The molecule has 0 amide bonds. The van der Waals surface area contributed by atoms with Gasteiger partial charge in [0.15, 0.2) is 5.82 Å². The van der Waals surface area contributed by atoms with Crippen molar-refractivity contribution in [1.82, 2.24) is 24.7 Å². The van der Waals surface area contributed by atoms with Gasteiger partial charge in [0.05, 0.1) is 6.20 Å².